The summed E-state index contributed by atoms with van der Waals surface area (Å²) in [5.74, 6) is -0.738. The molecule has 0 aromatic heterocycles. The summed E-state index contributed by atoms with van der Waals surface area (Å²) in [6.07, 6.45) is 9.32. The van der Waals surface area contributed by atoms with Gasteiger partial charge in [0.2, 0.25) is 0 Å². The summed E-state index contributed by atoms with van der Waals surface area (Å²) in [6.45, 7) is 12.4. The van der Waals surface area contributed by atoms with Crippen molar-refractivity contribution in [2.45, 2.75) is 110 Å². The first-order valence-corrected chi connectivity index (χ1v) is 12.4. The van der Waals surface area contributed by atoms with Crippen LogP contribution in [-0.2, 0) is 14.3 Å². The van der Waals surface area contributed by atoms with Gasteiger partial charge in [0, 0.05) is 32.1 Å². The molecule has 1 unspecified atom stereocenters. The highest BCUT2D eigenvalue weighted by Gasteiger charge is 2.16. The first kappa shape index (κ1) is 29.7. The number of nitrogens with one attached hydrogen (secondary N) is 1. The highest BCUT2D eigenvalue weighted by Crippen LogP contribution is 2.16. The number of carbonyl (C=O) groups is 2. The monoisotopic (exact) mass is 444 g/mol. The molecule has 0 fully saturated rings. The summed E-state index contributed by atoms with van der Waals surface area (Å²) in [7, 11) is 0. The van der Waals surface area contributed by atoms with Gasteiger partial charge in [-0.3, -0.25) is 9.69 Å². The van der Waals surface area contributed by atoms with Crippen molar-refractivity contribution >= 4 is 12.1 Å². The molecule has 0 amide bonds. The highest BCUT2D eigenvalue weighted by molar-refractivity contribution is 5.66. The normalized spacial score (nSPS) is 12.3. The van der Waals surface area contributed by atoms with Gasteiger partial charge in [-0.15, -0.1) is 0 Å². The van der Waals surface area contributed by atoms with E-state index in [0.717, 1.165) is 64.6 Å². The number of carbonyl (C=O) groups excluding carboxylic acids is 1. The number of nitrogens with zero attached hydrogens (tertiary/aromatic N) is 1. The van der Waals surface area contributed by atoms with Crippen LogP contribution >= 0.6 is 0 Å². The molecule has 1 atom stereocenters. The van der Waals surface area contributed by atoms with E-state index in [9.17, 15) is 9.59 Å². The van der Waals surface area contributed by atoms with Gasteiger partial charge in [-0.1, -0.05) is 46.0 Å². The van der Waals surface area contributed by atoms with Crippen molar-refractivity contribution in [3.63, 3.8) is 0 Å². The van der Waals surface area contributed by atoms with Crippen LogP contribution < -0.4 is 5.32 Å². The number of carboxylic acids is 1. The van der Waals surface area contributed by atoms with E-state index in [0.29, 0.717) is 25.6 Å². The summed E-state index contributed by atoms with van der Waals surface area (Å²) in [5.41, 5.74) is 0. The molecule has 0 radical (unpaired) electrons. The van der Waals surface area contributed by atoms with Crippen LogP contribution in [0.5, 0.6) is 0 Å². The molecule has 0 bridgehead atoms. The van der Waals surface area contributed by atoms with E-state index in [1.807, 2.05) is 0 Å². The number of rotatable bonds is 21. The van der Waals surface area contributed by atoms with E-state index < -0.39 is 12.1 Å². The van der Waals surface area contributed by atoms with Crippen molar-refractivity contribution in [2.24, 2.45) is 0 Å². The molecule has 0 aliphatic carbocycles. The van der Waals surface area contributed by atoms with Gasteiger partial charge < -0.3 is 19.9 Å². The van der Waals surface area contributed by atoms with Crippen LogP contribution in [0.4, 0.5) is 4.79 Å². The zero-order chi connectivity index (χ0) is 23.3. The number of likely N-dealkylation sites (N-methyl/N-ethyl adjacent to an activating group) is 1. The lowest BCUT2D eigenvalue weighted by Crippen LogP contribution is -2.39. The van der Waals surface area contributed by atoms with Crippen LogP contribution in [0.25, 0.3) is 0 Å². The number of unbranched alkanes of at least 4 members (excludes halogenated alkanes) is 6. The van der Waals surface area contributed by atoms with Crippen LogP contribution in [0.1, 0.15) is 98.3 Å². The van der Waals surface area contributed by atoms with Crippen molar-refractivity contribution in [3.8, 4) is 0 Å². The second kappa shape index (κ2) is 20.6. The van der Waals surface area contributed by atoms with Gasteiger partial charge in [0.1, 0.15) is 12.7 Å². The van der Waals surface area contributed by atoms with Crippen LogP contribution in [0.15, 0.2) is 0 Å². The largest absolute Gasteiger partial charge is 0.508 e. The van der Waals surface area contributed by atoms with Gasteiger partial charge in [-0.05, 0) is 52.5 Å². The topological polar surface area (TPSA) is 88.1 Å². The summed E-state index contributed by atoms with van der Waals surface area (Å²) in [6, 6.07) is 0.394. The van der Waals surface area contributed by atoms with E-state index in [1.165, 1.54) is 12.8 Å². The molecule has 2 N–H and O–H groups in total. The first-order valence-electron chi connectivity index (χ1n) is 12.4. The molecule has 0 rings (SSSR count). The van der Waals surface area contributed by atoms with Crippen LogP contribution in [0.3, 0.4) is 0 Å². The fraction of sp³-hybridized carbons (Fsp3) is 0.917. The molecule has 0 aromatic rings. The Kier molecular flexibility index (Phi) is 19.7. The number of carboxylic acid groups (broad SMARTS) is 1. The molecule has 0 saturated heterocycles. The molecule has 0 aliphatic heterocycles. The van der Waals surface area contributed by atoms with Crippen LogP contribution in [0.2, 0.25) is 0 Å². The Bertz CT molecular complexity index is 446. The molecule has 0 aromatic carbocycles. The molecule has 0 saturated carbocycles. The van der Waals surface area contributed by atoms with Crippen molar-refractivity contribution in [2.75, 3.05) is 32.8 Å². The highest BCUT2D eigenvalue weighted by atomic mass is 16.7. The Hall–Kier alpha value is -1.34. The van der Waals surface area contributed by atoms with E-state index in [4.69, 9.17) is 14.6 Å². The number of ether oxygens (including phenoxy) is 2. The minimum Gasteiger partial charge on any atom is -0.481 e. The quantitative estimate of drug-likeness (QED) is 0.185. The number of aliphatic carboxylic acids is 1. The van der Waals surface area contributed by atoms with Crippen molar-refractivity contribution < 1.29 is 24.2 Å². The Morgan fingerprint density at radius 1 is 0.935 bits per heavy atom. The average molecular weight is 445 g/mol. The minimum absolute atomic E-state index is 0.112. The second-order valence-corrected chi connectivity index (χ2v) is 8.52. The van der Waals surface area contributed by atoms with Crippen LogP contribution in [0, 0.1) is 0 Å². The molecule has 0 spiro atoms. The van der Waals surface area contributed by atoms with Gasteiger partial charge >= 0.3 is 12.1 Å². The van der Waals surface area contributed by atoms with Gasteiger partial charge in [0.05, 0.1) is 0 Å². The summed E-state index contributed by atoms with van der Waals surface area (Å²) in [5, 5.41) is 12.0. The third kappa shape index (κ3) is 19.1. The van der Waals surface area contributed by atoms with Crippen LogP contribution in [-0.4, -0.2) is 67.1 Å². The zero-order valence-electron chi connectivity index (χ0n) is 20.5. The lowest BCUT2D eigenvalue weighted by Gasteiger charge is -2.26. The maximum Gasteiger partial charge on any atom is 0.508 e. The van der Waals surface area contributed by atoms with Gasteiger partial charge in [0.25, 0.3) is 0 Å². The fourth-order valence-corrected chi connectivity index (χ4v) is 3.51. The van der Waals surface area contributed by atoms with Gasteiger partial charge in [-0.25, -0.2) is 4.79 Å². The van der Waals surface area contributed by atoms with Crippen molar-refractivity contribution in [1.29, 1.82) is 0 Å². The van der Waals surface area contributed by atoms with Crippen molar-refractivity contribution in [3.05, 3.63) is 0 Å². The predicted molar refractivity (Wildman–Crippen MR) is 126 cm³/mol. The lowest BCUT2D eigenvalue weighted by atomic mass is 10.0. The van der Waals surface area contributed by atoms with Crippen molar-refractivity contribution in [1.82, 2.24) is 10.2 Å². The smallest absolute Gasteiger partial charge is 0.481 e. The minimum atomic E-state index is -0.738. The van der Waals surface area contributed by atoms with Gasteiger partial charge in [0.15, 0.2) is 0 Å². The average Bonchev–Trinajstić information content (AvgIpc) is 2.72. The first-order chi connectivity index (χ1) is 14.9. The molecule has 184 valence electrons. The number of hydrogen-bond donors (Lipinski definition) is 2. The second-order valence-electron chi connectivity index (χ2n) is 8.52. The van der Waals surface area contributed by atoms with E-state index in [-0.39, 0.29) is 12.5 Å². The van der Waals surface area contributed by atoms with E-state index in [2.05, 4.69) is 37.9 Å². The molecular formula is C24H48N2O5. The zero-order valence-corrected chi connectivity index (χ0v) is 20.5. The van der Waals surface area contributed by atoms with Gasteiger partial charge in [-0.2, -0.15) is 0 Å². The molecule has 7 heteroatoms. The molecule has 31 heavy (non-hydrogen) atoms. The SMILES string of the molecule is CCCCCCC(CCCCCCC(=O)O)OC(=O)OCCN(CCNCC)C(C)C. The molecule has 7 nitrogen and oxygen atoms in total. The third-order valence-electron chi connectivity index (χ3n) is 5.46. The Labute approximate surface area is 190 Å². The molecular weight excluding hydrogens is 396 g/mol. The summed E-state index contributed by atoms with van der Waals surface area (Å²) < 4.78 is 11.0. The maximum absolute atomic E-state index is 12.2. The summed E-state index contributed by atoms with van der Waals surface area (Å²) in [4.78, 5) is 25.1. The standard InChI is InChI=1S/C24H48N2O5/c1-5-7-8-11-14-22(15-12-9-10-13-16-23(27)28)31-24(29)30-20-19-26(21(3)4)18-17-25-6-2/h21-22,25H,5-20H2,1-4H3,(H,27,28). The Balaban J connectivity index is 4.28. The summed E-state index contributed by atoms with van der Waals surface area (Å²) >= 11 is 0. The Morgan fingerprint density at radius 3 is 2.16 bits per heavy atom. The molecule has 0 aliphatic rings. The predicted octanol–water partition coefficient (Wildman–Crippen LogP) is 5.22. The maximum atomic E-state index is 12.2. The number of hydrogen-bond acceptors (Lipinski definition) is 6. The fourth-order valence-electron chi connectivity index (χ4n) is 3.51. The molecule has 0 heterocycles. The van der Waals surface area contributed by atoms with E-state index in [1.54, 1.807) is 0 Å². The Morgan fingerprint density at radius 2 is 1.58 bits per heavy atom. The third-order valence-corrected chi connectivity index (χ3v) is 5.46. The van der Waals surface area contributed by atoms with E-state index >= 15 is 0 Å². The lowest BCUT2D eigenvalue weighted by molar-refractivity contribution is -0.137.